The molecule has 0 heterocycles. The van der Waals surface area contributed by atoms with E-state index in [1.54, 1.807) is 0 Å². The van der Waals surface area contributed by atoms with Gasteiger partial charge in [0.15, 0.2) is 0 Å². The van der Waals surface area contributed by atoms with E-state index in [0.717, 1.165) is 30.8 Å². The molecule has 1 fully saturated rings. The van der Waals surface area contributed by atoms with E-state index >= 15 is 0 Å². The minimum Gasteiger partial charge on any atom is -0.342 e. The van der Waals surface area contributed by atoms with Gasteiger partial charge in [-0.25, -0.2) is 0 Å². The van der Waals surface area contributed by atoms with Crippen LogP contribution in [0.2, 0.25) is 0 Å². The van der Waals surface area contributed by atoms with Gasteiger partial charge in [0, 0.05) is 29.5 Å². The van der Waals surface area contributed by atoms with E-state index in [9.17, 15) is 4.79 Å². The van der Waals surface area contributed by atoms with Gasteiger partial charge < -0.3 is 10.2 Å². The molecule has 0 spiro atoms. The van der Waals surface area contributed by atoms with E-state index in [0.29, 0.717) is 0 Å². The predicted molar refractivity (Wildman–Crippen MR) is 91.5 cm³/mol. The van der Waals surface area contributed by atoms with Crippen LogP contribution in [0.3, 0.4) is 0 Å². The number of hydrogen-bond acceptors (Lipinski definition) is 2. The number of carbonyl (C=O) groups is 1. The first-order valence-corrected chi connectivity index (χ1v) is 8.01. The molecule has 1 aliphatic carbocycles. The molecule has 0 atom stereocenters. The van der Waals surface area contributed by atoms with Gasteiger partial charge >= 0.3 is 0 Å². The number of amides is 1. The van der Waals surface area contributed by atoms with Gasteiger partial charge in [-0.3, -0.25) is 4.79 Å². The van der Waals surface area contributed by atoms with Crippen molar-refractivity contribution >= 4 is 23.0 Å². The van der Waals surface area contributed by atoms with Crippen molar-refractivity contribution in [1.82, 2.24) is 0 Å². The number of para-hydroxylation sites is 1. The second-order valence-electron chi connectivity index (χ2n) is 5.74. The molecule has 1 saturated carbocycles. The molecule has 3 rings (SSSR count). The molecule has 0 radical (unpaired) electrons. The van der Waals surface area contributed by atoms with Crippen molar-refractivity contribution in [2.24, 2.45) is 5.92 Å². The minimum absolute atomic E-state index is 0.161. The van der Waals surface area contributed by atoms with Crippen molar-refractivity contribution in [3.63, 3.8) is 0 Å². The van der Waals surface area contributed by atoms with E-state index in [1.165, 1.54) is 12.1 Å². The molecule has 2 aromatic rings. The second-order valence-corrected chi connectivity index (χ2v) is 5.74. The minimum atomic E-state index is 0.161. The van der Waals surface area contributed by atoms with Crippen LogP contribution in [0.15, 0.2) is 54.6 Å². The maximum Gasteiger partial charge on any atom is 0.227 e. The summed E-state index contributed by atoms with van der Waals surface area (Å²) in [7, 11) is 0. The Labute approximate surface area is 132 Å². The molecular formula is C19H22N2O. The zero-order valence-corrected chi connectivity index (χ0v) is 13.0. The third-order valence-electron chi connectivity index (χ3n) is 4.31. The smallest absolute Gasteiger partial charge is 0.227 e. The molecule has 0 bridgehead atoms. The average Bonchev–Trinajstić information content (AvgIpc) is 2.49. The highest BCUT2D eigenvalue weighted by atomic mass is 16.1. The fourth-order valence-corrected chi connectivity index (χ4v) is 2.76. The van der Waals surface area contributed by atoms with E-state index in [2.05, 4.69) is 41.4 Å². The zero-order chi connectivity index (χ0) is 15.4. The first kappa shape index (κ1) is 14.6. The summed E-state index contributed by atoms with van der Waals surface area (Å²) >= 11 is 0. The van der Waals surface area contributed by atoms with E-state index in [1.807, 2.05) is 30.3 Å². The van der Waals surface area contributed by atoms with E-state index in [4.69, 9.17) is 0 Å². The van der Waals surface area contributed by atoms with Gasteiger partial charge in [0.2, 0.25) is 5.91 Å². The van der Waals surface area contributed by atoms with Crippen LogP contribution in [0.25, 0.3) is 0 Å². The lowest BCUT2D eigenvalue weighted by Crippen LogP contribution is -2.28. The van der Waals surface area contributed by atoms with Gasteiger partial charge in [0.05, 0.1) is 0 Å². The first-order valence-electron chi connectivity index (χ1n) is 8.01. The van der Waals surface area contributed by atoms with Gasteiger partial charge in [-0.2, -0.15) is 0 Å². The summed E-state index contributed by atoms with van der Waals surface area (Å²) in [6.45, 7) is 3.04. The molecule has 0 saturated heterocycles. The average molecular weight is 294 g/mol. The molecule has 0 aliphatic heterocycles. The number of rotatable bonds is 5. The fourth-order valence-electron chi connectivity index (χ4n) is 2.76. The number of hydrogen-bond donors (Lipinski definition) is 1. The van der Waals surface area contributed by atoms with Crippen molar-refractivity contribution in [3.05, 3.63) is 54.6 Å². The number of anilines is 3. The summed E-state index contributed by atoms with van der Waals surface area (Å²) in [4.78, 5) is 14.2. The lowest BCUT2D eigenvalue weighted by molar-refractivity contribution is -0.122. The van der Waals surface area contributed by atoms with Crippen LogP contribution >= 0.6 is 0 Å². The normalized spacial score (nSPS) is 14.2. The Balaban J connectivity index is 1.71. The molecular weight excluding hydrogens is 272 g/mol. The summed E-state index contributed by atoms with van der Waals surface area (Å²) in [5, 5.41) is 3.01. The Morgan fingerprint density at radius 2 is 1.68 bits per heavy atom. The Hall–Kier alpha value is -2.29. The van der Waals surface area contributed by atoms with Crippen molar-refractivity contribution in [2.75, 3.05) is 16.8 Å². The quantitative estimate of drug-likeness (QED) is 0.875. The van der Waals surface area contributed by atoms with Crippen molar-refractivity contribution in [3.8, 4) is 0 Å². The molecule has 2 aromatic carbocycles. The van der Waals surface area contributed by atoms with Crippen LogP contribution in [0.5, 0.6) is 0 Å². The molecule has 3 nitrogen and oxygen atoms in total. The number of carbonyl (C=O) groups excluding carboxylic acids is 1. The summed E-state index contributed by atoms with van der Waals surface area (Å²) in [5.41, 5.74) is 3.19. The van der Waals surface area contributed by atoms with Crippen LogP contribution in [0.4, 0.5) is 17.1 Å². The Kier molecular flexibility index (Phi) is 4.42. The SMILES string of the molecule is CCN(c1ccccc1)c1ccc(NC(=O)C2CCC2)cc1. The Morgan fingerprint density at radius 1 is 1.05 bits per heavy atom. The lowest BCUT2D eigenvalue weighted by atomic mass is 9.85. The highest BCUT2D eigenvalue weighted by Gasteiger charge is 2.25. The number of nitrogens with one attached hydrogen (secondary N) is 1. The standard InChI is InChI=1S/C19H22N2O/c1-2-21(17-9-4-3-5-10-17)18-13-11-16(12-14-18)20-19(22)15-7-6-8-15/h3-5,9-15H,2,6-8H2,1H3,(H,20,22). The highest BCUT2D eigenvalue weighted by Crippen LogP contribution is 2.29. The predicted octanol–water partition coefficient (Wildman–Crippen LogP) is 4.58. The lowest BCUT2D eigenvalue weighted by Gasteiger charge is -2.25. The molecule has 3 heteroatoms. The van der Waals surface area contributed by atoms with Crippen molar-refractivity contribution in [1.29, 1.82) is 0 Å². The van der Waals surface area contributed by atoms with Crippen LogP contribution in [-0.2, 0) is 4.79 Å². The maximum absolute atomic E-state index is 12.0. The van der Waals surface area contributed by atoms with Crippen molar-refractivity contribution < 1.29 is 4.79 Å². The van der Waals surface area contributed by atoms with E-state index < -0.39 is 0 Å². The summed E-state index contributed by atoms with van der Waals surface area (Å²) < 4.78 is 0. The topological polar surface area (TPSA) is 32.3 Å². The third-order valence-corrected chi connectivity index (χ3v) is 4.31. The summed E-state index contributed by atoms with van der Waals surface area (Å²) in [6, 6.07) is 18.4. The van der Waals surface area contributed by atoms with Gasteiger partial charge in [0.1, 0.15) is 0 Å². The number of benzene rings is 2. The highest BCUT2D eigenvalue weighted by molar-refractivity contribution is 5.93. The second kappa shape index (κ2) is 6.65. The van der Waals surface area contributed by atoms with Gasteiger partial charge in [0.25, 0.3) is 0 Å². The molecule has 1 N–H and O–H groups in total. The molecule has 0 aromatic heterocycles. The van der Waals surface area contributed by atoms with Crippen LogP contribution in [0, 0.1) is 5.92 Å². The monoisotopic (exact) mass is 294 g/mol. The Morgan fingerprint density at radius 3 is 2.23 bits per heavy atom. The first-order chi connectivity index (χ1) is 10.8. The number of nitrogens with zero attached hydrogens (tertiary/aromatic N) is 1. The van der Waals surface area contributed by atoms with Crippen LogP contribution in [0.1, 0.15) is 26.2 Å². The van der Waals surface area contributed by atoms with Crippen LogP contribution in [-0.4, -0.2) is 12.5 Å². The van der Waals surface area contributed by atoms with Crippen LogP contribution < -0.4 is 10.2 Å². The van der Waals surface area contributed by atoms with Gasteiger partial charge in [-0.1, -0.05) is 24.6 Å². The summed E-state index contributed by atoms with van der Waals surface area (Å²) in [5.74, 6) is 0.380. The zero-order valence-electron chi connectivity index (χ0n) is 13.0. The molecule has 1 amide bonds. The summed E-state index contributed by atoms with van der Waals surface area (Å²) in [6.07, 6.45) is 3.24. The van der Waals surface area contributed by atoms with Gasteiger partial charge in [-0.15, -0.1) is 0 Å². The maximum atomic E-state index is 12.0. The van der Waals surface area contributed by atoms with Crippen molar-refractivity contribution in [2.45, 2.75) is 26.2 Å². The fraction of sp³-hybridized carbons (Fsp3) is 0.316. The van der Waals surface area contributed by atoms with Gasteiger partial charge in [-0.05, 0) is 56.2 Å². The van der Waals surface area contributed by atoms with E-state index in [-0.39, 0.29) is 11.8 Å². The molecule has 0 unspecified atom stereocenters. The largest absolute Gasteiger partial charge is 0.342 e. The molecule has 114 valence electrons. The Bertz CT molecular complexity index is 618. The molecule has 22 heavy (non-hydrogen) atoms. The third kappa shape index (κ3) is 3.14. The molecule has 1 aliphatic rings.